The van der Waals surface area contributed by atoms with Crippen molar-refractivity contribution in [2.45, 2.75) is 56.5 Å². The normalized spacial score (nSPS) is 17.9. The van der Waals surface area contributed by atoms with Gasteiger partial charge in [-0.25, -0.2) is 14.4 Å². The van der Waals surface area contributed by atoms with Crippen LogP contribution in [0.1, 0.15) is 65.7 Å². The Morgan fingerprint density at radius 2 is 1.83 bits per heavy atom. The third-order valence-electron chi connectivity index (χ3n) is 7.14. The van der Waals surface area contributed by atoms with E-state index in [1.165, 1.54) is 12.1 Å². The monoisotopic (exact) mass is 474 g/mol. The molecule has 0 radical (unpaired) electrons. The summed E-state index contributed by atoms with van der Waals surface area (Å²) < 4.78 is 24.6. The largest absolute Gasteiger partial charge is 0.454 e. The Morgan fingerprint density at radius 1 is 1.06 bits per heavy atom. The predicted molar refractivity (Wildman–Crippen MR) is 128 cm³/mol. The van der Waals surface area contributed by atoms with Gasteiger partial charge in [0.05, 0.1) is 11.3 Å². The first kappa shape index (κ1) is 21.8. The fraction of sp³-hybridized carbons (Fsp3) is 0.370. The quantitative estimate of drug-likeness (QED) is 0.516. The van der Waals surface area contributed by atoms with E-state index in [2.05, 4.69) is 15.6 Å². The first-order valence-corrected chi connectivity index (χ1v) is 12.2. The van der Waals surface area contributed by atoms with Crippen molar-refractivity contribution in [1.82, 2.24) is 15.3 Å². The number of benzene rings is 2. The zero-order valence-electron chi connectivity index (χ0n) is 19.4. The van der Waals surface area contributed by atoms with Crippen molar-refractivity contribution in [1.29, 1.82) is 0 Å². The van der Waals surface area contributed by atoms with Crippen molar-refractivity contribution in [2.24, 2.45) is 0 Å². The number of rotatable bonds is 7. The topological polar surface area (TPSA) is 85.4 Å². The Hall–Kier alpha value is -3.68. The second-order valence-corrected chi connectivity index (χ2v) is 9.54. The molecule has 8 heteroatoms. The molecule has 0 bridgehead atoms. The van der Waals surface area contributed by atoms with E-state index in [1.807, 2.05) is 30.3 Å². The number of aromatic nitrogens is 2. The van der Waals surface area contributed by atoms with Gasteiger partial charge in [0.2, 0.25) is 12.7 Å². The van der Waals surface area contributed by atoms with E-state index >= 15 is 0 Å². The third kappa shape index (κ3) is 4.29. The summed E-state index contributed by atoms with van der Waals surface area (Å²) >= 11 is 0. The van der Waals surface area contributed by atoms with Gasteiger partial charge in [0.25, 0.3) is 5.91 Å². The highest BCUT2D eigenvalue weighted by atomic mass is 19.1. The highest BCUT2D eigenvalue weighted by Crippen LogP contribution is 2.47. The molecule has 7 nitrogen and oxygen atoms in total. The molecule has 0 spiro atoms. The van der Waals surface area contributed by atoms with Gasteiger partial charge < -0.3 is 20.1 Å². The lowest BCUT2D eigenvalue weighted by Gasteiger charge is -2.31. The van der Waals surface area contributed by atoms with E-state index in [1.54, 1.807) is 6.20 Å². The Labute approximate surface area is 203 Å². The van der Waals surface area contributed by atoms with Crippen LogP contribution in [-0.4, -0.2) is 28.7 Å². The first-order chi connectivity index (χ1) is 17.1. The van der Waals surface area contributed by atoms with E-state index in [0.29, 0.717) is 41.3 Å². The van der Waals surface area contributed by atoms with Crippen LogP contribution in [0.4, 0.5) is 10.3 Å². The number of halogens is 1. The predicted octanol–water partition coefficient (Wildman–Crippen LogP) is 4.71. The van der Waals surface area contributed by atoms with Gasteiger partial charge in [-0.1, -0.05) is 31.0 Å². The van der Waals surface area contributed by atoms with Crippen molar-refractivity contribution in [3.05, 3.63) is 76.9 Å². The molecule has 2 heterocycles. The molecular weight excluding hydrogens is 447 g/mol. The summed E-state index contributed by atoms with van der Waals surface area (Å²) in [6.07, 6.45) is 7.56. The summed E-state index contributed by atoms with van der Waals surface area (Å²) in [6, 6.07) is 12.6. The molecule has 2 aromatic carbocycles. The number of amides is 1. The van der Waals surface area contributed by atoms with Crippen LogP contribution in [-0.2, 0) is 12.0 Å². The summed E-state index contributed by atoms with van der Waals surface area (Å²) in [5.41, 5.74) is 2.60. The summed E-state index contributed by atoms with van der Waals surface area (Å²) in [4.78, 5) is 22.9. The van der Waals surface area contributed by atoms with Crippen molar-refractivity contribution in [3.63, 3.8) is 0 Å². The third-order valence-corrected chi connectivity index (χ3v) is 7.14. The number of nitrogens with zero attached hydrogens (tertiary/aromatic N) is 2. The Bertz CT molecular complexity index is 1250. The van der Waals surface area contributed by atoms with E-state index in [-0.39, 0.29) is 18.5 Å². The summed E-state index contributed by atoms with van der Waals surface area (Å²) in [6.45, 7) is 0.541. The maximum atomic E-state index is 13.8. The van der Waals surface area contributed by atoms with Crippen LogP contribution >= 0.6 is 0 Å². The Kier molecular flexibility index (Phi) is 5.51. The van der Waals surface area contributed by atoms with E-state index < -0.39 is 5.41 Å². The SMILES string of the molecule is O=C(NCc1ccc2c(c1)OCO2)c1cnc(NC2CC2)nc1C1(c2ccc(F)cc2)CCCC1. The fourth-order valence-corrected chi connectivity index (χ4v) is 5.13. The van der Waals surface area contributed by atoms with Crippen molar-refractivity contribution >= 4 is 11.9 Å². The second kappa shape index (κ2) is 8.83. The molecule has 6 rings (SSSR count). The fourth-order valence-electron chi connectivity index (χ4n) is 5.13. The molecule has 180 valence electrons. The van der Waals surface area contributed by atoms with Crippen LogP contribution in [0.15, 0.2) is 48.7 Å². The molecule has 2 saturated carbocycles. The average molecular weight is 475 g/mol. The van der Waals surface area contributed by atoms with Crippen molar-refractivity contribution < 1.29 is 18.7 Å². The zero-order valence-corrected chi connectivity index (χ0v) is 19.4. The molecule has 1 amide bonds. The molecule has 3 aliphatic rings. The molecule has 0 saturated heterocycles. The number of carbonyl (C=O) groups is 1. The van der Waals surface area contributed by atoms with Gasteiger partial charge in [-0.3, -0.25) is 4.79 Å². The Balaban J connectivity index is 1.33. The molecule has 0 atom stereocenters. The maximum Gasteiger partial charge on any atom is 0.255 e. The van der Waals surface area contributed by atoms with E-state index in [4.69, 9.17) is 14.5 Å². The highest BCUT2D eigenvalue weighted by Gasteiger charge is 2.42. The molecule has 1 aliphatic heterocycles. The second-order valence-electron chi connectivity index (χ2n) is 9.54. The summed E-state index contributed by atoms with van der Waals surface area (Å²) in [7, 11) is 0. The number of hydrogen-bond donors (Lipinski definition) is 2. The van der Waals surface area contributed by atoms with Crippen LogP contribution in [0.25, 0.3) is 0 Å². The summed E-state index contributed by atoms with van der Waals surface area (Å²) in [5.74, 6) is 1.42. The van der Waals surface area contributed by atoms with Crippen LogP contribution in [0.2, 0.25) is 0 Å². The van der Waals surface area contributed by atoms with Crippen LogP contribution in [0.5, 0.6) is 11.5 Å². The lowest BCUT2D eigenvalue weighted by atomic mass is 9.74. The molecule has 1 aromatic heterocycles. The zero-order chi connectivity index (χ0) is 23.8. The number of hydrogen-bond acceptors (Lipinski definition) is 6. The van der Waals surface area contributed by atoms with Gasteiger partial charge in [0.15, 0.2) is 11.5 Å². The lowest BCUT2D eigenvalue weighted by Crippen LogP contribution is -2.32. The van der Waals surface area contributed by atoms with Gasteiger partial charge >= 0.3 is 0 Å². The average Bonchev–Trinajstić information content (AvgIpc) is 3.35. The number of fused-ring (bicyclic) bond motifs is 1. The number of carbonyl (C=O) groups excluding carboxylic acids is 1. The molecule has 2 aliphatic carbocycles. The van der Waals surface area contributed by atoms with Gasteiger partial charge in [-0.15, -0.1) is 0 Å². The maximum absolute atomic E-state index is 13.8. The van der Waals surface area contributed by atoms with Gasteiger partial charge in [0, 0.05) is 24.2 Å². The van der Waals surface area contributed by atoms with Crippen LogP contribution in [0, 0.1) is 5.82 Å². The molecule has 2 fully saturated rings. The minimum atomic E-state index is -0.456. The molecule has 0 unspecified atom stereocenters. The van der Waals surface area contributed by atoms with Gasteiger partial charge in [-0.2, -0.15) is 0 Å². The number of nitrogens with one attached hydrogen (secondary N) is 2. The number of ether oxygens (including phenoxy) is 2. The highest BCUT2D eigenvalue weighted by molar-refractivity contribution is 5.95. The molecule has 35 heavy (non-hydrogen) atoms. The van der Waals surface area contributed by atoms with E-state index in [9.17, 15) is 9.18 Å². The van der Waals surface area contributed by atoms with Crippen LogP contribution < -0.4 is 20.1 Å². The molecule has 2 N–H and O–H groups in total. The standard InChI is InChI=1S/C27H27FN4O3/c28-19-6-4-18(5-7-19)27(11-1-2-12-27)24-21(15-30-26(32-24)31-20-8-9-20)25(33)29-14-17-3-10-22-23(13-17)35-16-34-22/h3-7,10,13,15,20H,1-2,8-9,11-12,14,16H2,(H,29,33)(H,30,31,32). The Morgan fingerprint density at radius 3 is 2.60 bits per heavy atom. The number of anilines is 1. The molecule has 3 aromatic rings. The molecular formula is C27H27FN4O3. The van der Waals surface area contributed by atoms with Crippen molar-refractivity contribution in [2.75, 3.05) is 12.1 Å². The lowest BCUT2D eigenvalue weighted by molar-refractivity contribution is 0.0947. The first-order valence-electron chi connectivity index (χ1n) is 12.2. The minimum absolute atomic E-state index is 0.207. The smallest absolute Gasteiger partial charge is 0.255 e. The summed E-state index contributed by atoms with van der Waals surface area (Å²) in [5, 5.41) is 6.39. The van der Waals surface area contributed by atoms with Gasteiger partial charge in [-0.05, 0) is 61.1 Å². The van der Waals surface area contributed by atoms with Gasteiger partial charge in [0.1, 0.15) is 5.82 Å². The van der Waals surface area contributed by atoms with E-state index in [0.717, 1.165) is 49.7 Å². The van der Waals surface area contributed by atoms with Crippen LogP contribution in [0.3, 0.4) is 0 Å². The van der Waals surface area contributed by atoms with Crippen molar-refractivity contribution in [3.8, 4) is 11.5 Å². The minimum Gasteiger partial charge on any atom is -0.454 e.